The van der Waals surface area contributed by atoms with Gasteiger partial charge in [0.1, 0.15) is 0 Å². The summed E-state index contributed by atoms with van der Waals surface area (Å²) in [4.78, 5) is 17.3. The molecule has 1 N–H and O–H groups in total. The minimum Gasteiger partial charge on any atom is -0.321 e. The highest BCUT2D eigenvalue weighted by Gasteiger charge is 2.10. The molecule has 2 aromatic heterocycles. The first-order valence-corrected chi connectivity index (χ1v) is 9.32. The van der Waals surface area contributed by atoms with Gasteiger partial charge in [0.15, 0.2) is 4.34 Å². The summed E-state index contributed by atoms with van der Waals surface area (Å²) in [6, 6.07) is 9.46. The van der Waals surface area contributed by atoms with Gasteiger partial charge in [-0.2, -0.15) is 0 Å². The molecule has 0 aliphatic rings. The molecule has 3 aromatic rings. The predicted molar refractivity (Wildman–Crippen MR) is 98.6 cm³/mol. The molecule has 0 saturated heterocycles. The van der Waals surface area contributed by atoms with E-state index < -0.39 is 0 Å². The highest BCUT2D eigenvalue weighted by Crippen LogP contribution is 2.30. The number of anilines is 1. The lowest BCUT2D eigenvalue weighted by Gasteiger charge is -2.02. The van der Waals surface area contributed by atoms with Crippen LogP contribution >= 0.6 is 62.8 Å². The fourth-order valence-electron chi connectivity index (χ4n) is 1.70. The quantitative estimate of drug-likeness (QED) is 0.566. The van der Waals surface area contributed by atoms with Crippen molar-refractivity contribution in [3.8, 4) is 0 Å². The lowest BCUT2D eigenvalue weighted by atomic mass is 10.3. The maximum atomic E-state index is 12.1. The lowest BCUT2D eigenvalue weighted by molar-refractivity contribution is 0.103. The Balaban J connectivity index is 0.00000161. The van der Waals surface area contributed by atoms with Gasteiger partial charge in [0.25, 0.3) is 5.91 Å². The molecule has 0 spiro atoms. The first kappa shape index (κ1) is 16.8. The van der Waals surface area contributed by atoms with Gasteiger partial charge in [-0.15, -0.1) is 35.1 Å². The number of nitrogens with one attached hydrogen (secondary N) is 1. The van der Waals surface area contributed by atoms with Crippen molar-refractivity contribution in [2.24, 2.45) is 0 Å². The lowest BCUT2D eigenvalue weighted by Crippen LogP contribution is -2.09. The summed E-state index contributed by atoms with van der Waals surface area (Å²) >= 11 is 8.04. The van der Waals surface area contributed by atoms with E-state index in [0.717, 1.165) is 24.0 Å². The molecular weight excluding hydrogens is 412 g/mol. The number of thiophene rings is 1. The standard InChI is InChI=1S/C13H9BrN2OS3.ClH/c1-18-13-16-8-3-2-7(6-10(8)20-13)15-12(17)9-4-5-11(14)19-9;/h2-6H,1H3,(H,15,17);1H. The van der Waals surface area contributed by atoms with Crippen LogP contribution in [-0.2, 0) is 0 Å². The van der Waals surface area contributed by atoms with Crippen LogP contribution in [-0.4, -0.2) is 17.1 Å². The minimum atomic E-state index is -0.0883. The zero-order valence-corrected chi connectivity index (χ0v) is 15.6. The third-order valence-corrected chi connectivity index (χ3v) is 6.22. The first-order chi connectivity index (χ1) is 9.65. The number of thiazole rings is 1. The summed E-state index contributed by atoms with van der Waals surface area (Å²) in [5, 5.41) is 2.91. The summed E-state index contributed by atoms with van der Waals surface area (Å²) in [6.07, 6.45) is 2.01. The zero-order valence-electron chi connectivity index (χ0n) is 10.8. The third kappa shape index (κ3) is 3.78. The first-order valence-electron chi connectivity index (χ1n) is 5.67. The number of carbonyl (C=O) groups is 1. The van der Waals surface area contributed by atoms with Crippen molar-refractivity contribution in [1.82, 2.24) is 4.98 Å². The van der Waals surface area contributed by atoms with Crippen LogP contribution in [0.15, 0.2) is 38.5 Å². The smallest absolute Gasteiger partial charge is 0.265 e. The molecule has 0 atom stereocenters. The van der Waals surface area contributed by atoms with E-state index in [4.69, 9.17) is 0 Å². The van der Waals surface area contributed by atoms with Crippen LogP contribution in [0.25, 0.3) is 10.2 Å². The van der Waals surface area contributed by atoms with Gasteiger partial charge >= 0.3 is 0 Å². The monoisotopic (exact) mass is 420 g/mol. The number of aromatic nitrogens is 1. The molecule has 1 aromatic carbocycles. The maximum absolute atomic E-state index is 12.1. The summed E-state index contributed by atoms with van der Waals surface area (Å²) in [5.74, 6) is -0.0883. The van der Waals surface area contributed by atoms with Crippen LogP contribution in [0.2, 0.25) is 0 Å². The summed E-state index contributed by atoms with van der Waals surface area (Å²) in [6.45, 7) is 0. The molecular formula is C13H10BrClN2OS3. The Morgan fingerprint density at radius 1 is 1.29 bits per heavy atom. The van der Waals surface area contributed by atoms with E-state index in [1.165, 1.54) is 11.3 Å². The van der Waals surface area contributed by atoms with E-state index in [0.29, 0.717) is 4.88 Å². The van der Waals surface area contributed by atoms with Gasteiger partial charge < -0.3 is 5.32 Å². The minimum absolute atomic E-state index is 0. The fraction of sp³-hybridized carbons (Fsp3) is 0.0769. The van der Waals surface area contributed by atoms with Gasteiger partial charge in [0, 0.05) is 5.69 Å². The Labute approximate surface area is 148 Å². The van der Waals surface area contributed by atoms with E-state index in [1.807, 2.05) is 30.5 Å². The van der Waals surface area contributed by atoms with Crippen LogP contribution in [0.4, 0.5) is 5.69 Å². The molecule has 2 heterocycles. The van der Waals surface area contributed by atoms with Crippen LogP contribution in [0.1, 0.15) is 9.67 Å². The van der Waals surface area contributed by atoms with Crippen molar-refractivity contribution >= 4 is 84.6 Å². The number of amides is 1. The van der Waals surface area contributed by atoms with Crippen molar-refractivity contribution in [1.29, 1.82) is 0 Å². The highest BCUT2D eigenvalue weighted by atomic mass is 79.9. The second-order valence-corrected chi connectivity index (χ2v) is 8.47. The molecule has 3 rings (SSSR count). The Kier molecular flexibility index (Phi) is 5.67. The molecule has 21 heavy (non-hydrogen) atoms. The van der Waals surface area contributed by atoms with Crippen LogP contribution in [0, 0.1) is 0 Å². The topological polar surface area (TPSA) is 42.0 Å². The number of carbonyl (C=O) groups excluding carboxylic acids is 1. The molecule has 110 valence electrons. The van der Waals surface area contributed by atoms with Crippen molar-refractivity contribution in [3.05, 3.63) is 39.0 Å². The number of hydrogen-bond donors (Lipinski definition) is 1. The van der Waals surface area contributed by atoms with Crippen molar-refractivity contribution < 1.29 is 4.79 Å². The highest BCUT2D eigenvalue weighted by molar-refractivity contribution is 9.11. The third-order valence-electron chi connectivity index (χ3n) is 2.60. The van der Waals surface area contributed by atoms with Crippen molar-refractivity contribution in [2.75, 3.05) is 11.6 Å². The van der Waals surface area contributed by atoms with Crippen molar-refractivity contribution in [3.63, 3.8) is 0 Å². The predicted octanol–water partition coefficient (Wildman–Crippen LogP) is 5.52. The molecule has 0 aliphatic heterocycles. The van der Waals surface area contributed by atoms with Gasteiger partial charge in [0.05, 0.1) is 18.9 Å². The van der Waals surface area contributed by atoms with E-state index in [1.54, 1.807) is 29.2 Å². The van der Waals surface area contributed by atoms with E-state index in [-0.39, 0.29) is 18.3 Å². The molecule has 0 radical (unpaired) electrons. The number of fused-ring (bicyclic) bond motifs is 1. The number of nitrogens with zero attached hydrogens (tertiary/aromatic N) is 1. The van der Waals surface area contributed by atoms with Gasteiger partial charge in [-0.05, 0) is 52.5 Å². The van der Waals surface area contributed by atoms with E-state index in [9.17, 15) is 4.79 Å². The fourth-order valence-corrected chi connectivity index (χ4v) is 4.51. The summed E-state index contributed by atoms with van der Waals surface area (Å²) < 4.78 is 3.07. The zero-order chi connectivity index (χ0) is 14.1. The molecule has 0 unspecified atom stereocenters. The molecule has 8 heteroatoms. The molecule has 0 saturated carbocycles. The maximum Gasteiger partial charge on any atom is 0.265 e. The number of thioether (sulfide) groups is 1. The normalized spacial score (nSPS) is 10.4. The molecule has 3 nitrogen and oxygen atoms in total. The van der Waals surface area contributed by atoms with Crippen LogP contribution < -0.4 is 5.32 Å². The van der Waals surface area contributed by atoms with Crippen molar-refractivity contribution in [2.45, 2.75) is 4.34 Å². The Hall–Kier alpha value is -0.600. The summed E-state index contributed by atoms with van der Waals surface area (Å²) in [5.41, 5.74) is 1.76. The molecule has 0 bridgehead atoms. The molecule has 1 amide bonds. The SMILES string of the molecule is CSc1nc2ccc(NC(=O)c3ccc(Br)s3)cc2s1.Cl. The molecule has 0 fully saturated rings. The van der Waals surface area contributed by atoms with E-state index in [2.05, 4.69) is 26.2 Å². The Morgan fingerprint density at radius 3 is 2.76 bits per heavy atom. The van der Waals surface area contributed by atoms with Gasteiger partial charge in [0.2, 0.25) is 0 Å². The number of rotatable bonds is 3. The number of benzene rings is 1. The van der Waals surface area contributed by atoms with Crippen LogP contribution in [0.3, 0.4) is 0 Å². The van der Waals surface area contributed by atoms with E-state index >= 15 is 0 Å². The second-order valence-electron chi connectivity index (χ2n) is 3.92. The molecule has 0 aliphatic carbocycles. The summed E-state index contributed by atoms with van der Waals surface area (Å²) in [7, 11) is 0. The van der Waals surface area contributed by atoms with Gasteiger partial charge in [-0.3, -0.25) is 4.79 Å². The average molecular weight is 422 g/mol. The Bertz CT molecular complexity index is 787. The number of halogens is 2. The second kappa shape index (κ2) is 7.11. The van der Waals surface area contributed by atoms with Crippen LogP contribution in [0.5, 0.6) is 0 Å². The average Bonchev–Trinajstić information content (AvgIpc) is 3.03. The Morgan fingerprint density at radius 2 is 2.10 bits per heavy atom. The van der Waals surface area contributed by atoms with Gasteiger partial charge in [-0.1, -0.05) is 11.8 Å². The van der Waals surface area contributed by atoms with Gasteiger partial charge in [-0.25, -0.2) is 4.98 Å². The number of hydrogen-bond acceptors (Lipinski definition) is 5. The largest absolute Gasteiger partial charge is 0.321 e.